The van der Waals surface area contributed by atoms with Crippen LogP contribution in [-0.4, -0.2) is 44.3 Å². The fourth-order valence-electron chi connectivity index (χ4n) is 3.57. The summed E-state index contributed by atoms with van der Waals surface area (Å²) in [6.45, 7) is 4.00. The second-order valence-corrected chi connectivity index (χ2v) is 9.28. The van der Waals surface area contributed by atoms with Crippen molar-refractivity contribution in [3.05, 3.63) is 59.4 Å². The number of carbonyl (C=O) groups excluding carboxylic acids is 2. The Balaban J connectivity index is 1.74. The highest BCUT2D eigenvalue weighted by Gasteiger charge is 2.33. The van der Waals surface area contributed by atoms with Gasteiger partial charge < -0.3 is 10.1 Å². The molecule has 2 aromatic rings. The second-order valence-electron chi connectivity index (χ2n) is 7.34. The zero-order valence-electron chi connectivity index (χ0n) is 17.4. The summed E-state index contributed by atoms with van der Waals surface area (Å²) in [4.78, 5) is 25.0. The van der Waals surface area contributed by atoms with Crippen LogP contribution in [0.5, 0.6) is 0 Å². The molecule has 166 valence electrons. The van der Waals surface area contributed by atoms with E-state index in [-0.39, 0.29) is 24.0 Å². The van der Waals surface area contributed by atoms with Gasteiger partial charge in [0.15, 0.2) is 0 Å². The summed E-state index contributed by atoms with van der Waals surface area (Å²) in [5.74, 6) is -1.85. The molecule has 7 nitrogen and oxygen atoms in total. The van der Waals surface area contributed by atoms with E-state index in [4.69, 9.17) is 4.74 Å². The van der Waals surface area contributed by atoms with Crippen LogP contribution in [0.2, 0.25) is 0 Å². The SMILES string of the molecule is CCOC(=O)c1cccc(NC(=O)[C@@H]2CCCN(S(=O)(=O)c3ccc(F)cc3)C2)c1C. The minimum absolute atomic E-state index is 0.00654. The van der Waals surface area contributed by atoms with Crippen molar-refractivity contribution in [3.63, 3.8) is 0 Å². The van der Waals surface area contributed by atoms with Gasteiger partial charge in [0, 0.05) is 18.8 Å². The molecule has 1 aliphatic heterocycles. The molecule has 1 atom stereocenters. The number of carbonyl (C=O) groups is 2. The van der Waals surface area contributed by atoms with E-state index < -0.39 is 27.7 Å². The molecule has 0 radical (unpaired) electrons. The van der Waals surface area contributed by atoms with Crippen LogP contribution in [-0.2, 0) is 19.6 Å². The molecule has 0 bridgehead atoms. The quantitative estimate of drug-likeness (QED) is 0.684. The molecule has 0 spiro atoms. The largest absolute Gasteiger partial charge is 0.462 e. The molecule has 1 fully saturated rings. The number of hydrogen-bond donors (Lipinski definition) is 1. The van der Waals surface area contributed by atoms with Gasteiger partial charge in [-0.2, -0.15) is 4.31 Å². The number of benzene rings is 2. The zero-order valence-corrected chi connectivity index (χ0v) is 18.2. The smallest absolute Gasteiger partial charge is 0.338 e. The number of halogens is 1. The lowest BCUT2D eigenvalue weighted by Gasteiger charge is -2.31. The molecule has 1 heterocycles. The molecule has 1 amide bonds. The number of esters is 1. The highest BCUT2D eigenvalue weighted by molar-refractivity contribution is 7.89. The van der Waals surface area contributed by atoms with Gasteiger partial charge >= 0.3 is 5.97 Å². The summed E-state index contributed by atoms with van der Waals surface area (Å²) >= 11 is 0. The summed E-state index contributed by atoms with van der Waals surface area (Å²) in [5.41, 5.74) is 1.43. The molecule has 0 aliphatic carbocycles. The van der Waals surface area contributed by atoms with Crippen molar-refractivity contribution < 1.29 is 27.1 Å². The van der Waals surface area contributed by atoms with Crippen molar-refractivity contribution in [1.29, 1.82) is 0 Å². The van der Waals surface area contributed by atoms with Crippen LogP contribution in [0.3, 0.4) is 0 Å². The summed E-state index contributed by atoms with van der Waals surface area (Å²) in [5, 5.41) is 2.82. The van der Waals surface area contributed by atoms with Gasteiger partial charge in [-0.3, -0.25) is 4.79 Å². The third-order valence-corrected chi connectivity index (χ3v) is 7.17. The third kappa shape index (κ3) is 5.11. The fraction of sp³-hybridized carbons (Fsp3) is 0.364. The Kier molecular flexibility index (Phi) is 7.07. The lowest BCUT2D eigenvalue weighted by molar-refractivity contribution is -0.120. The van der Waals surface area contributed by atoms with E-state index in [1.807, 2.05) is 0 Å². The van der Waals surface area contributed by atoms with Crippen molar-refractivity contribution in [2.24, 2.45) is 5.92 Å². The number of anilines is 1. The van der Waals surface area contributed by atoms with Gasteiger partial charge in [0.1, 0.15) is 5.82 Å². The van der Waals surface area contributed by atoms with E-state index in [9.17, 15) is 22.4 Å². The van der Waals surface area contributed by atoms with Crippen molar-refractivity contribution in [3.8, 4) is 0 Å². The van der Waals surface area contributed by atoms with Crippen LogP contribution in [0.25, 0.3) is 0 Å². The van der Waals surface area contributed by atoms with Crippen molar-refractivity contribution in [2.75, 3.05) is 25.0 Å². The first kappa shape index (κ1) is 22.9. The summed E-state index contributed by atoms with van der Waals surface area (Å²) < 4.78 is 45.2. The van der Waals surface area contributed by atoms with Crippen molar-refractivity contribution in [2.45, 2.75) is 31.6 Å². The lowest BCUT2D eigenvalue weighted by Crippen LogP contribution is -2.43. The molecule has 0 saturated carbocycles. The van der Waals surface area contributed by atoms with E-state index in [0.717, 1.165) is 12.1 Å². The molecular weight excluding hydrogens is 423 g/mol. The highest BCUT2D eigenvalue weighted by Crippen LogP contribution is 2.26. The monoisotopic (exact) mass is 448 g/mol. The standard InChI is InChI=1S/C22H25FN2O5S/c1-3-30-22(27)19-7-4-8-20(15(19)2)24-21(26)16-6-5-13-25(14-16)31(28,29)18-11-9-17(23)10-12-18/h4,7-12,16H,3,5-6,13-14H2,1-2H3,(H,24,26)/t16-/m1/s1. The molecule has 31 heavy (non-hydrogen) atoms. The van der Waals surface area contributed by atoms with E-state index in [2.05, 4.69) is 5.32 Å². The predicted molar refractivity (Wildman–Crippen MR) is 114 cm³/mol. The molecule has 1 aliphatic rings. The summed E-state index contributed by atoms with van der Waals surface area (Å²) in [7, 11) is -3.83. The van der Waals surface area contributed by atoms with Gasteiger partial charge in [0.05, 0.1) is 23.0 Å². The number of amides is 1. The molecule has 1 N–H and O–H groups in total. The summed E-state index contributed by atoms with van der Waals surface area (Å²) in [6, 6.07) is 9.60. The van der Waals surface area contributed by atoms with E-state index >= 15 is 0 Å². The normalized spacial score (nSPS) is 17.2. The highest BCUT2D eigenvalue weighted by atomic mass is 32.2. The Morgan fingerprint density at radius 1 is 1.19 bits per heavy atom. The zero-order chi connectivity index (χ0) is 22.6. The average Bonchev–Trinajstić information content (AvgIpc) is 2.75. The number of nitrogens with zero attached hydrogens (tertiary/aromatic N) is 1. The van der Waals surface area contributed by atoms with Crippen molar-refractivity contribution >= 4 is 27.6 Å². The van der Waals surface area contributed by atoms with Crippen LogP contribution in [0.1, 0.15) is 35.7 Å². The predicted octanol–water partition coefficient (Wildman–Crippen LogP) is 3.35. The minimum Gasteiger partial charge on any atom is -0.462 e. The first-order valence-corrected chi connectivity index (χ1v) is 11.5. The Labute approximate surface area is 181 Å². The van der Waals surface area contributed by atoms with Crippen LogP contribution >= 0.6 is 0 Å². The Morgan fingerprint density at radius 2 is 1.90 bits per heavy atom. The molecule has 0 unspecified atom stereocenters. The Morgan fingerprint density at radius 3 is 2.58 bits per heavy atom. The Hall–Kier alpha value is -2.78. The van der Waals surface area contributed by atoms with E-state index in [0.29, 0.717) is 36.2 Å². The molecule has 0 aromatic heterocycles. The van der Waals surface area contributed by atoms with E-state index in [1.165, 1.54) is 16.4 Å². The maximum Gasteiger partial charge on any atom is 0.338 e. The van der Waals surface area contributed by atoms with Crippen LogP contribution < -0.4 is 5.32 Å². The van der Waals surface area contributed by atoms with Crippen molar-refractivity contribution in [1.82, 2.24) is 4.31 Å². The Bertz CT molecular complexity index is 1070. The summed E-state index contributed by atoms with van der Waals surface area (Å²) in [6.07, 6.45) is 1.07. The fourth-order valence-corrected chi connectivity index (χ4v) is 5.09. The lowest BCUT2D eigenvalue weighted by atomic mass is 9.98. The molecule has 1 saturated heterocycles. The van der Waals surface area contributed by atoms with E-state index in [1.54, 1.807) is 32.0 Å². The number of sulfonamides is 1. The number of ether oxygens (including phenoxy) is 1. The van der Waals surface area contributed by atoms with Gasteiger partial charge in [0.25, 0.3) is 0 Å². The maximum atomic E-state index is 13.2. The number of rotatable bonds is 6. The molecule has 9 heteroatoms. The van der Waals surface area contributed by atoms with Gasteiger partial charge in [-0.15, -0.1) is 0 Å². The van der Waals surface area contributed by atoms with Crippen LogP contribution in [0.4, 0.5) is 10.1 Å². The maximum absolute atomic E-state index is 13.2. The number of piperidine rings is 1. The van der Waals surface area contributed by atoms with Crippen LogP contribution in [0, 0.1) is 18.7 Å². The second kappa shape index (κ2) is 9.57. The molecular formula is C22H25FN2O5S. The molecule has 3 rings (SSSR count). The molecule has 2 aromatic carbocycles. The first-order valence-electron chi connectivity index (χ1n) is 10.1. The van der Waals surface area contributed by atoms with Gasteiger partial charge in [-0.1, -0.05) is 6.07 Å². The first-order chi connectivity index (χ1) is 14.7. The minimum atomic E-state index is -3.83. The third-order valence-electron chi connectivity index (χ3n) is 5.29. The van der Waals surface area contributed by atoms with Gasteiger partial charge in [-0.25, -0.2) is 17.6 Å². The number of nitrogens with one attached hydrogen (secondary N) is 1. The van der Waals surface area contributed by atoms with Gasteiger partial charge in [0.2, 0.25) is 15.9 Å². The van der Waals surface area contributed by atoms with Gasteiger partial charge in [-0.05, 0) is 68.7 Å². The topological polar surface area (TPSA) is 92.8 Å². The average molecular weight is 449 g/mol. The van der Waals surface area contributed by atoms with Crippen LogP contribution in [0.15, 0.2) is 47.4 Å². The number of hydrogen-bond acceptors (Lipinski definition) is 5.